The lowest BCUT2D eigenvalue weighted by molar-refractivity contribution is 0.0998. The lowest BCUT2D eigenvalue weighted by atomic mass is 10.1. The first-order valence-corrected chi connectivity index (χ1v) is 7.90. The van der Waals surface area contributed by atoms with E-state index < -0.39 is 0 Å². The van der Waals surface area contributed by atoms with Crippen molar-refractivity contribution in [2.45, 2.75) is 6.92 Å². The molecule has 0 aliphatic rings. The van der Waals surface area contributed by atoms with E-state index in [-0.39, 0.29) is 11.7 Å². The van der Waals surface area contributed by atoms with Gasteiger partial charge >= 0.3 is 0 Å². The van der Waals surface area contributed by atoms with E-state index in [4.69, 9.17) is 9.68 Å². The van der Waals surface area contributed by atoms with Gasteiger partial charge in [0.05, 0.1) is 11.6 Å². The van der Waals surface area contributed by atoms with Crippen LogP contribution in [-0.2, 0) is 0 Å². The number of nitriles is 1. The highest BCUT2D eigenvalue weighted by molar-refractivity contribution is 6.11. The maximum atomic E-state index is 12.7. The highest BCUT2D eigenvalue weighted by atomic mass is 16.3. The van der Waals surface area contributed by atoms with Crippen LogP contribution < -0.4 is 5.32 Å². The first kappa shape index (κ1) is 15.0. The average Bonchev–Trinajstić information content (AvgIpc) is 2.99. The van der Waals surface area contributed by atoms with Crippen molar-refractivity contribution >= 4 is 33.3 Å². The Morgan fingerprint density at radius 2 is 1.88 bits per heavy atom. The van der Waals surface area contributed by atoms with Crippen LogP contribution in [0.3, 0.4) is 0 Å². The van der Waals surface area contributed by atoms with Crippen molar-refractivity contribution in [3.8, 4) is 6.07 Å². The van der Waals surface area contributed by atoms with Crippen molar-refractivity contribution in [2.24, 2.45) is 0 Å². The van der Waals surface area contributed by atoms with E-state index in [0.29, 0.717) is 16.8 Å². The Bertz CT molecular complexity index is 1170. The SMILES string of the molecule is Cc1c(C(=O)Nc2cccc(C#N)c2)oc2c1ccc1ccccc12. The molecule has 1 amide bonds. The largest absolute Gasteiger partial charge is 0.450 e. The fourth-order valence-electron chi connectivity index (χ4n) is 3.02. The monoisotopic (exact) mass is 326 g/mol. The normalized spacial score (nSPS) is 10.7. The third-order valence-electron chi connectivity index (χ3n) is 4.28. The number of carbonyl (C=O) groups excluding carboxylic acids is 1. The summed E-state index contributed by atoms with van der Waals surface area (Å²) in [7, 11) is 0. The number of nitrogens with zero attached hydrogens (tertiary/aromatic N) is 1. The number of aryl methyl sites for hydroxylation is 1. The fraction of sp³-hybridized carbons (Fsp3) is 0.0476. The molecule has 4 aromatic rings. The molecule has 25 heavy (non-hydrogen) atoms. The van der Waals surface area contributed by atoms with Crippen LogP contribution in [-0.4, -0.2) is 5.91 Å². The Kier molecular flexibility index (Phi) is 3.48. The molecule has 4 nitrogen and oxygen atoms in total. The van der Waals surface area contributed by atoms with Crippen LogP contribution in [0.5, 0.6) is 0 Å². The predicted octanol–water partition coefficient (Wildman–Crippen LogP) is 5.02. The molecule has 0 saturated carbocycles. The lowest BCUT2D eigenvalue weighted by Gasteiger charge is -2.03. The fourth-order valence-corrected chi connectivity index (χ4v) is 3.02. The van der Waals surface area contributed by atoms with Gasteiger partial charge in [-0.15, -0.1) is 0 Å². The van der Waals surface area contributed by atoms with Crippen LogP contribution in [0.2, 0.25) is 0 Å². The summed E-state index contributed by atoms with van der Waals surface area (Å²) in [6.07, 6.45) is 0. The quantitative estimate of drug-likeness (QED) is 0.562. The van der Waals surface area contributed by atoms with Crippen molar-refractivity contribution in [3.05, 3.63) is 77.6 Å². The van der Waals surface area contributed by atoms with Gasteiger partial charge in [-0.1, -0.05) is 42.5 Å². The number of amides is 1. The maximum absolute atomic E-state index is 12.7. The molecular weight excluding hydrogens is 312 g/mol. The molecule has 0 fully saturated rings. The first-order chi connectivity index (χ1) is 12.2. The average molecular weight is 326 g/mol. The summed E-state index contributed by atoms with van der Waals surface area (Å²) >= 11 is 0. The van der Waals surface area contributed by atoms with Gasteiger partial charge in [0.2, 0.25) is 0 Å². The topological polar surface area (TPSA) is 66.0 Å². The lowest BCUT2D eigenvalue weighted by Crippen LogP contribution is -2.12. The second-order valence-corrected chi connectivity index (χ2v) is 5.87. The van der Waals surface area contributed by atoms with Gasteiger partial charge in [0, 0.05) is 22.0 Å². The summed E-state index contributed by atoms with van der Waals surface area (Å²) < 4.78 is 5.93. The van der Waals surface area contributed by atoms with E-state index in [1.807, 2.05) is 43.3 Å². The summed E-state index contributed by atoms with van der Waals surface area (Å²) in [5.41, 5.74) is 2.57. The van der Waals surface area contributed by atoms with Gasteiger partial charge in [0.1, 0.15) is 5.58 Å². The van der Waals surface area contributed by atoms with Crippen molar-refractivity contribution in [1.29, 1.82) is 5.26 Å². The van der Waals surface area contributed by atoms with Crippen LogP contribution in [0, 0.1) is 18.3 Å². The number of furan rings is 1. The molecule has 0 spiro atoms. The summed E-state index contributed by atoms with van der Waals surface area (Å²) in [5.74, 6) is -0.0402. The van der Waals surface area contributed by atoms with Crippen molar-refractivity contribution in [2.75, 3.05) is 5.32 Å². The molecule has 0 atom stereocenters. The van der Waals surface area contributed by atoms with Gasteiger partial charge in [-0.25, -0.2) is 0 Å². The molecule has 1 heterocycles. The molecule has 0 bridgehead atoms. The second kappa shape index (κ2) is 5.81. The zero-order valence-electron chi connectivity index (χ0n) is 13.5. The summed E-state index contributed by atoms with van der Waals surface area (Å²) in [5, 5.41) is 14.7. The van der Waals surface area contributed by atoms with Crippen LogP contribution in [0.4, 0.5) is 5.69 Å². The van der Waals surface area contributed by atoms with E-state index >= 15 is 0 Å². The van der Waals surface area contributed by atoms with Crippen molar-refractivity contribution < 1.29 is 9.21 Å². The van der Waals surface area contributed by atoms with Crippen LogP contribution >= 0.6 is 0 Å². The zero-order chi connectivity index (χ0) is 17.4. The van der Waals surface area contributed by atoms with Crippen LogP contribution in [0.25, 0.3) is 21.7 Å². The number of anilines is 1. The number of hydrogen-bond acceptors (Lipinski definition) is 3. The standard InChI is InChI=1S/C21H14N2O2/c1-13-17-10-9-15-6-2-3-8-18(15)20(17)25-19(13)21(24)23-16-7-4-5-14(11-16)12-22/h2-11H,1H3,(H,23,24). The molecule has 0 aliphatic heterocycles. The molecule has 4 rings (SSSR count). The number of benzene rings is 3. The number of hydrogen-bond donors (Lipinski definition) is 1. The molecule has 120 valence electrons. The van der Waals surface area contributed by atoms with E-state index in [2.05, 4.69) is 11.4 Å². The second-order valence-electron chi connectivity index (χ2n) is 5.87. The van der Waals surface area contributed by atoms with Gasteiger partial charge in [-0.3, -0.25) is 4.79 Å². The summed E-state index contributed by atoms with van der Waals surface area (Å²) in [6.45, 7) is 1.88. The minimum absolute atomic E-state index is 0.286. The Hall–Kier alpha value is -3.58. The van der Waals surface area contributed by atoms with Crippen molar-refractivity contribution in [1.82, 2.24) is 0 Å². The molecule has 0 saturated heterocycles. The Morgan fingerprint density at radius 3 is 2.72 bits per heavy atom. The van der Waals surface area contributed by atoms with Gasteiger partial charge in [-0.2, -0.15) is 5.26 Å². The molecule has 0 unspecified atom stereocenters. The molecule has 4 heteroatoms. The Labute approximate surface area is 144 Å². The molecule has 0 radical (unpaired) electrons. The minimum atomic E-state index is -0.326. The van der Waals surface area contributed by atoms with E-state index in [9.17, 15) is 4.79 Å². The molecular formula is C21H14N2O2. The summed E-state index contributed by atoms with van der Waals surface area (Å²) in [6, 6.07) is 20.8. The van der Waals surface area contributed by atoms with Gasteiger partial charge in [0.25, 0.3) is 5.91 Å². The third kappa shape index (κ3) is 2.52. The minimum Gasteiger partial charge on any atom is -0.450 e. The van der Waals surface area contributed by atoms with Gasteiger partial charge in [0.15, 0.2) is 5.76 Å². The maximum Gasteiger partial charge on any atom is 0.291 e. The molecule has 1 aromatic heterocycles. The van der Waals surface area contributed by atoms with E-state index in [1.165, 1.54) is 0 Å². The molecule has 3 aromatic carbocycles. The van der Waals surface area contributed by atoms with Gasteiger partial charge < -0.3 is 9.73 Å². The number of carbonyl (C=O) groups is 1. The number of rotatable bonds is 2. The van der Waals surface area contributed by atoms with Crippen molar-refractivity contribution in [3.63, 3.8) is 0 Å². The third-order valence-corrected chi connectivity index (χ3v) is 4.28. The number of nitrogens with one attached hydrogen (secondary N) is 1. The predicted molar refractivity (Wildman–Crippen MR) is 97.6 cm³/mol. The van der Waals surface area contributed by atoms with E-state index in [1.54, 1.807) is 24.3 Å². The smallest absolute Gasteiger partial charge is 0.291 e. The van der Waals surface area contributed by atoms with Gasteiger partial charge in [-0.05, 0) is 30.5 Å². The Balaban J connectivity index is 1.78. The van der Waals surface area contributed by atoms with E-state index in [0.717, 1.165) is 21.7 Å². The number of fused-ring (bicyclic) bond motifs is 3. The highest BCUT2D eigenvalue weighted by Crippen LogP contribution is 2.32. The summed E-state index contributed by atoms with van der Waals surface area (Å²) in [4.78, 5) is 12.7. The first-order valence-electron chi connectivity index (χ1n) is 7.90. The molecule has 1 N–H and O–H groups in total. The van der Waals surface area contributed by atoms with Crippen LogP contribution in [0.15, 0.2) is 65.1 Å². The Morgan fingerprint density at radius 1 is 1.04 bits per heavy atom. The molecule has 0 aliphatic carbocycles. The highest BCUT2D eigenvalue weighted by Gasteiger charge is 2.19. The zero-order valence-corrected chi connectivity index (χ0v) is 13.5. The van der Waals surface area contributed by atoms with Crippen LogP contribution in [0.1, 0.15) is 21.7 Å².